The summed E-state index contributed by atoms with van der Waals surface area (Å²) in [6, 6.07) is -0.271. The molecule has 2 heterocycles. The van der Waals surface area contributed by atoms with Gasteiger partial charge in [0.15, 0.2) is 0 Å². The summed E-state index contributed by atoms with van der Waals surface area (Å²) < 4.78 is 3.92. The Kier molecular flexibility index (Phi) is 4.55. The van der Waals surface area contributed by atoms with E-state index in [9.17, 15) is 4.79 Å². The first-order valence-electron chi connectivity index (χ1n) is 6.90. The number of aromatic nitrogens is 4. The molecule has 2 aromatic rings. The largest absolute Gasteiger partial charge is 0.347 e. The van der Waals surface area contributed by atoms with Crippen molar-refractivity contribution >= 4 is 5.91 Å². The number of aryl methyl sites for hydroxylation is 2. The minimum Gasteiger partial charge on any atom is -0.347 e. The fourth-order valence-corrected chi connectivity index (χ4v) is 2.19. The summed E-state index contributed by atoms with van der Waals surface area (Å²) in [6.45, 7) is 7.23. The lowest BCUT2D eigenvalue weighted by Crippen LogP contribution is -2.31. The summed E-state index contributed by atoms with van der Waals surface area (Å²) in [4.78, 5) is 20.6. The predicted molar refractivity (Wildman–Crippen MR) is 76.0 cm³/mol. The molecule has 0 saturated carbocycles. The molecule has 0 unspecified atom stereocenters. The van der Waals surface area contributed by atoms with E-state index in [4.69, 9.17) is 0 Å². The topological polar surface area (TPSA) is 64.7 Å². The number of imidazole rings is 2. The highest BCUT2D eigenvalue weighted by Crippen LogP contribution is 2.09. The van der Waals surface area contributed by atoms with E-state index in [1.54, 1.807) is 12.4 Å². The predicted octanol–water partition coefficient (Wildman–Crippen LogP) is 1.68. The third-order valence-electron chi connectivity index (χ3n) is 3.35. The number of hydrogen-bond donors (Lipinski definition) is 1. The van der Waals surface area contributed by atoms with Crippen LogP contribution in [0, 0.1) is 6.92 Å². The molecule has 0 saturated heterocycles. The zero-order chi connectivity index (χ0) is 14.5. The van der Waals surface area contributed by atoms with Crippen molar-refractivity contribution < 1.29 is 4.79 Å². The number of rotatable bonds is 6. The Morgan fingerprint density at radius 1 is 1.35 bits per heavy atom. The average Bonchev–Trinajstić information content (AvgIpc) is 3.05. The molecule has 0 bridgehead atoms. The third kappa shape index (κ3) is 3.07. The van der Waals surface area contributed by atoms with Gasteiger partial charge in [-0.2, -0.15) is 0 Å². The minimum atomic E-state index is -0.271. The van der Waals surface area contributed by atoms with Crippen LogP contribution in [0.4, 0.5) is 0 Å². The molecule has 0 fully saturated rings. The lowest BCUT2D eigenvalue weighted by atomic mass is 10.3. The Labute approximate surface area is 118 Å². The van der Waals surface area contributed by atoms with E-state index in [-0.39, 0.29) is 11.9 Å². The second kappa shape index (κ2) is 6.36. The molecule has 2 aromatic heterocycles. The number of nitrogens with zero attached hydrogens (tertiary/aromatic N) is 4. The molecule has 6 nitrogen and oxygen atoms in total. The highest BCUT2D eigenvalue weighted by atomic mass is 16.2. The van der Waals surface area contributed by atoms with Crippen LogP contribution in [-0.2, 0) is 17.9 Å². The van der Waals surface area contributed by atoms with Crippen molar-refractivity contribution in [3.05, 3.63) is 36.4 Å². The summed E-state index contributed by atoms with van der Waals surface area (Å²) in [5.74, 6) is 1.69. The molecule has 1 amide bonds. The second-order valence-corrected chi connectivity index (χ2v) is 4.81. The Balaban J connectivity index is 1.95. The van der Waals surface area contributed by atoms with Crippen molar-refractivity contribution in [2.75, 3.05) is 0 Å². The van der Waals surface area contributed by atoms with Crippen LogP contribution >= 0.6 is 0 Å². The Hall–Kier alpha value is -2.11. The number of carbonyl (C=O) groups excluding carboxylic acids is 1. The highest BCUT2D eigenvalue weighted by molar-refractivity contribution is 5.79. The second-order valence-electron chi connectivity index (χ2n) is 4.81. The van der Waals surface area contributed by atoms with Gasteiger partial charge in [-0.05, 0) is 20.3 Å². The van der Waals surface area contributed by atoms with Gasteiger partial charge in [0.2, 0.25) is 5.91 Å². The number of carbonyl (C=O) groups is 1. The molecule has 1 N–H and O–H groups in total. The van der Waals surface area contributed by atoms with Crippen LogP contribution < -0.4 is 5.32 Å². The maximum absolute atomic E-state index is 12.2. The van der Waals surface area contributed by atoms with Gasteiger partial charge in [0.05, 0.1) is 6.54 Å². The van der Waals surface area contributed by atoms with E-state index in [1.807, 2.05) is 30.8 Å². The van der Waals surface area contributed by atoms with Crippen LogP contribution in [0.3, 0.4) is 0 Å². The summed E-state index contributed by atoms with van der Waals surface area (Å²) in [5, 5.41) is 2.93. The van der Waals surface area contributed by atoms with E-state index in [0.717, 1.165) is 24.6 Å². The van der Waals surface area contributed by atoms with Crippen molar-refractivity contribution in [3.63, 3.8) is 0 Å². The SMILES string of the molecule is CCCn1ccnc1CNC(=O)[C@H](C)n1ccnc1C. The molecular weight excluding hydrogens is 254 g/mol. The van der Waals surface area contributed by atoms with Crippen LogP contribution in [0.2, 0.25) is 0 Å². The fourth-order valence-electron chi connectivity index (χ4n) is 2.19. The molecule has 6 heteroatoms. The van der Waals surface area contributed by atoms with Crippen molar-refractivity contribution in [1.29, 1.82) is 0 Å². The molecule has 0 aliphatic carbocycles. The summed E-state index contributed by atoms with van der Waals surface area (Å²) in [6.07, 6.45) is 8.27. The number of amides is 1. The lowest BCUT2D eigenvalue weighted by molar-refractivity contribution is -0.124. The summed E-state index contributed by atoms with van der Waals surface area (Å²) in [7, 11) is 0. The quantitative estimate of drug-likeness (QED) is 0.872. The van der Waals surface area contributed by atoms with E-state index >= 15 is 0 Å². The normalized spacial score (nSPS) is 12.3. The first-order chi connectivity index (χ1) is 9.63. The molecular formula is C14H21N5O. The Morgan fingerprint density at radius 2 is 2.10 bits per heavy atom. The highest BCUT2D eigenvalue weighted by Gasteiger charge is 2.16. The van der Waals surface area contributed by atoms with E-state index in [0.29, 0.717) is 6.54 Å². The monoisotopic (exact) mass is 275 g/mol. The number of nitrogens with one attached hydrogen (secondary N) is 1. The molecule has 2 rings (SSSR count). The van der Waals surface area contributed by atoms with Gasteiger partial charge in [-0.1, -0.05) is 6.92 Å². The first-order valence-corrected chi connectivity index (χ1v) is 6.90. The van der Waals surface area contributed by atoms with Gasteiger partial charge in [-0.25, -0.2) is 9.97 Å². The minimum absolute atomic E-state index is 0.0304. The standard InChI is InChI=1S/C14H21N5O/c1-4-7-18-8-5-16-13(18)10-17-14(20)11(2)19-9-6-15-12(19)3/h5-6,8-9,11H,4,7,10H2,1-3H3,(H,17,20)/t11-/m0/s1. The van der Waals surface area contributed by atoms with Crippen LogP contribution in [-0.4, -0.2) is 25.0 Å². The van der Waals surface area contributed by atoms with Crippen molar-refractivity contribution in [1.82, 2.24) is 24.4 Å². The van der Waals surface area contributed by atoms with Gasteiger partial charge in [0, 0.05) is 31.3 Å². The maximum atomic E-state index is 12.2. The van der Waals surface area contributed by atoms with Gasteiger partial charge in [-0.15, -0.1) is 0 Å². The number of hydrogen-bond acceptors (Lipinski definition) is 3. The molecule has 0 spiro atoms. The van der Waals surface area contributed by atoms with E-state index in [1.165, 1.54) is 0 Å². The van der Waals surface area contributed by atoms with E-state index in [2.05, 4.69) is 26.8 Å². The molecule has 0 aliphatic rings. The zero-order valence-corrected chi connectivity index (χ0v) is 12.2. The average molecular weight is 275 g/mol. The summed E-state index contributed by atoms with van der Waals surface area (Å²) in [5.41, 5.74) is 0. The third-order valence-corrected chi connectivity index (χ3v) is 3.35. The van der Waals surface area contributed by atoms with Crippen LogP contribution in [0.25, 0.3) is 0 Å². The van der Waals surface area contributed by atoms with Gasteiger partial charge >= 0.3 is 0 Å². The molecule has 0 radical (unpaired) electrons. The van der Waals surface area contributed by atoms with Gasteiger partial charge < -0.3 is 14.5 Å². The van der Waals surface area contributed by atoms with Gasteiger partial charge in [0.1, 0.15) is 17.7 Å². The smallest absolute Gasteiger partial charge is 0.243 e. The summed E-state index contributed by atoms with van der Waals surface area (Å²) >= 11 is 0. The fraction of sp³-hybridized carbons (Fsp3) is 0.500. The zero-order valence-electron chi connectivity index (χ0n) is 12.2. The van der Waals surface area contributed by atoms with Crippen LogP contribution in [0.5, 0.6) is 0 Å². The van der Waals surface area contributed by atoms with Gasteiger partial charge in [-0.3, -0.25) is 4.79 Å². The Morgan fingerprint density at radius 3 is 2.75 bits per heavy atom. The van der Waals surface area contributed by atoms with Crippen LogP contribution in [0.15, 0.2) is 24.8 Å². The molecule has 0 aliphatic heterocycles. The van der Waals surface area contributed by atoms with Crippen molar-refractivity contribution in [2.45, 2.75) is 46.3 Å². The molecule has 0 aromatic carbocycles. The molecule has 108 valence electrons. The van der Waals surface area contributed by atoms with E-state index < -0.39 is 0 Å². The maximum Gasteiger partial charge on any atom is 0.243 e. The van der Waals surface area contributed by atoms with Crippen LogP contribution in [0.1, 0.15) is 38.0 Å². The Bertz CT molecular complexity index is 572. The van der Waals surface area contributed by atoms with Crippen molar-refractivity contribution in [3.8, 4) is 0 Å². The van der Waals surface area contributed by atoms with Crippen molar-refractivity contribution in [2.24, 2.45) is 0 Å². The van der Waals surface area contributed by atoms with Gasteiger partial charge in [0.25, 0.3) is 0 Å². The first kappa shape index (κ1) is 14.3. The molecule has 1 atom stereocenters. The lowest BCUT2D eigenvalue weighted by Gasteiger charge is -2.15. The molecule has 20 heavy (non-hydrogen) atoms.